The molecule has 4 rings (SSSR count). The molecule has 2 aromatic rings. The topological polar surface area (TPSA) is 116 Å². The second-order valence-corrected chi connectivity index (χ2v) is 14.4. The van der Waals surface area contributed by atoms with Crippen LogP contribution in [0, 0.1) is 24.3 Å². The average molecular weight is 580 g/mol. The van der Waals surface area contributed by atoms with E-state index in [4.69, 9.17) is 6.57 Å². The predicted octanol–water partition coefficient (Wildman–Crippen LogP) is 4.27. The van der Waals surface area contributed by atoms with Crippen LogP contribution in [0.25, 0.3) is 15.3 Å². The molecule has 1 aliphatic heterocycles. The number of hydrogen-bond donors (Lipinski definition) is 3. The molecule has 1 saturated carbocycles. The molecule has 1 saturated heterocycles. The molecule has 10 heteroatoms. The van der Waals surface area contributed by atoms with Gasteiger partial charge < -0.3 is 20.6 Å². The van der Waals surface area contributed by atoms with Crippen molar-refractivity contribution in [3.63, 3.8) is 0 Å². The van der Waals surface area contributed by atoms with Crippen molar-refractivity contribution in [1.82, 2.24) is 20.5 Å². The lowest BCUT2D eigenvalue weighted by molar-refractivity contribution is -0.144. The summed E-state index contributed by atoms with van der Waals surface area (Å²) in [5.41, 5.74) is 2.67. The van der Waals surface area contributed by atoms with Gasteiger partial charge in [0.2, 0.25) is 11.8 Å². The first-order chi connectivity index (χ1) is 19.1. The molecule has 0 radical (unpaired) electrons. The van der Waals surface area contributed by atoms with Crippen molar-refractivity contribution in [2.24, 2.45) is 10.8 Å². The normalized spacial score (nSPS) is 21.5. The summed E-state index contributed by atoms with van der Waals surface area (Å²) in [7, 11) is 0. The smallest absolute Gasteiger partial charge is 0.309 e. The lowest BCUT2D eigenvalue weighted by atomic mass is 9.82. The van der Waals surface area contributed by atoms with Crippen LogP contribution in [0.3, 0.4) is 0 Å². The van der Waals surface area contributed by atoms with Crippen molar-refractivity contribution in [1.29, 1.82) is 0 Å². The summed E-state index contributed by atoms with van der Waals surface area (Å²) in [6.07, 6.45) is 0.188. The number of rotatable bonds is 7. The maximum Gasteiger partial charge on any atom is 0.309 e. The Morgan fingerprint density at radius 3 is 2.22 bits per heavy atom. The number of aryl methyl sites for hydroxylation is 1. The summed E-state index contributed by atoms with van der Waals surface area (Å²) in [4.78, 5) is 50.9. The quantitative estimate of drug-likeness (QED) is 0.424. The number of amides is 3. The number of carbonyl (C=O) groups is 3. The molecule has 2 aliphatic rings. The monoisotopic (exact) mass is 579 g/mol. The fraction of sp³-hybridized carbons (Fsp3) is 0.581. The number of aliphatic hydroxyl groups is 1. The zero-order chi connectivity index (χ0) is 30.3. The van der Waals surface area contributed by atoms with Crippen molar-refractivity contribution in [2.75, 3.05) is 6.54 Å². The summed E-state index contributed by atoms with van der Waals surface area (Å²) < 4.78 is 0. The highest BCUT2D eigenvalue weighted by atomic mass is 32.1. The van der Waals surface area contributed by atoms with Crippen molar-refractivity contribution in [2.45, 2.75) is 97.5 Å². The highest BCUT2D eigenvalue weighted by molar-refractivity contribution is 7.13. The van der Waals surface area contributed by atoms with E-state index < -0.39 is 41.0 Å². The number of nitrogens with zero attached hydrogens (tertiary/aromatic N) is 3. The Kier molecular flexibility index (Phi) is 8.36. The van der Waals surface area contributed by atoms with Gasteiger partial charge >= 0.3 is 11.4 Å². The largest absolute Gasteiger partial charge is 0.391 e. The first-order valence-electron chi connectivity index (χ1n) is 14.1. The second kappa shape index (κ2) is 11.2. The highest BCUT2D eigenvalue weighted by Gasteiger charge is 2.59. The zero-order valence-electron chi connectivity index (χ0n) is 24.9. The van der Waals surface area contributed by atoms with E-state index in [2.05, 4.69) is 20.5 Å². The molecule has 0 unspecified atom stereocenters. The van der Waals surface area contributed by atoms with Gasteiger partial charge in [-0.05, 0) is 28.9 Å². The molecule has 0 spiro atoms. The van der Waals surface area contributed by atoms with E-state index in [1.807, 2.05) is 78.2 Å². The van der Waals surface area contributed by atoms with E-state index in [1.54, 1.807) is 11.3 Å². The third-order valence-electron chi connectivity index (χ3n) is 8.02. The summed E-state index contributed by atoms with van der Waals surface area (Å²) in [6.45, 7) is 21.0. The third-order valence-corrected chi connectivity index (χ3v) is 9.00. The number of carbonyl (C=O) groups excluding carboxylic acids is 3. The molecule has 1 aliphatic carbocycles. The summed E-state index contributed by atoms with van der Waals surface area (Å²) in [6, 6.07) is 5.88. The SMILES string of the molecule is [C-]#[N+]C1(C(=O)N[C@H](C(=O)N2C[C@H](O)C[C@H]2C(=O)N[C@H](c2ccc(-c3scnc3C)cc2)C(C)(C)C)C(C)(C)C)CC1. The van der Waals surface area contributed by atoms with Crippen LogP contribution in [0.5, 0.6) is 0 Å². The number of aromatic nitrogens is 1. The van der Waals surface area contributed by atoms with E-state index in [1.165, 1.54) is 4.90 Å². The maximum atomic E-state index is 13.9. The lowest BCUT2D eigenvalue weighted by Crippen LogP contribution is -2.59. The molecule has 3 N–H and O–H groups in total. The first-order valence-corrected chi connectivity index (χ1v) is 14.9. The zero-order valence-corrected chi connectivity index (χ0v) is 25.8. The van der Waals surface area contributed by atoms with E-state index in [0.29, 0.717) is 12.8 Å². The number of β-amino-alcohol motifs (C(OH)–C–C–N with tert-alkyl or cyclic N) is 1. The Balaban J connectivity index is 1.55. The van der Waals surface area contributed by atoms with Crippen LogP contribution in [-0.2, 0) is 14.4 Å². The Hall–Kier alpha value is -3.29. The van der Waals surface area contributed by atoms with E-state index in [9.17, 15) is 19.5 Å². The Bertz CT molecular complexity index is 1340. The number of likely N-dealkylation sites (tertiary alicyclic amines) is 1. The molecular formula is C31H41N5O4S. The first kappa shape index (κ1) is 30.7. The molecule has 1 aromatic carbocycles. The lowest BCUT2D eigenvalue weighted by Gasteiger charge is -2.37. The Labute approximate surface area is 246 Å². The fourth-order valence-corrected chi connectivity index (χ4v) is 6.15. The Morgan fingerprint density at radius 2 is 1.73 bits per heavy atom. The van der Waals surface area contributed by atoms with Gasteiger partial charge in [0.15, 0.2) is 0 Å². The molecule has 2 heterocycles. The van der Waals surface area contributed by atoms with Gasteiger partial charge in [-0.3, -0.25) is 19.2 Å². The highest BCUT2D eigenvalue weighted by Crippen LogP contribution is 2.41. The van der Waals surface area contributed by atoms with Crippen LogP contribution < -0.4 is 10.6 Å². The minimum Gasteiger partial charge on any atom is -0.391 e. The van der Waals surface area contributed by atoms with E-state index in [-0.39, 0.29) is 30.3 Å². The van der Waals surface area contributed by atoms with Gasteiger partial charge in [0.25, 0.3) is 0 Å². The van der Waals surface area contributed by atoms with Crippen molar-refractivity contribution < 1.29 is 19.5 Å². The van der Waals surface area contributed by atoms with Crippen molar-refractivity contribution in [3.8, 4) is 10.4 Å². The van der Waals surface area contributed by atoms with Gasteiger partial charge in [-0.2, -0.15) is 0 Å². The molecule has 0 bridgehead atoms. The van der Waals surface area contributed by atoms with Crippen LogP contribution >= 0.6 is 11.3 Å². The van der Waals surface area contributed by atoms with Gasteiger partial charge in [-0.1, -0.05) is 65.8 Å². The van der Waals surface area contributed by atoms with Crippen molar-refractivity contribution in [3.05, 3.63) is 52.5 Å². The minimum atomic E-state index is -1.10. The van der Waals surface area contributed by atoms with Crippen LogP contribution in [0.15, 0.2) is 29.8 Å². The van der Waals surface area contributed by atoms with Crippen molar-refractivity contribution >= 4 is 29.1 Å². The van der Waals surface area contributed by atoms with Crippen LogP contribution in [0.4, 0.5) is 0 Å². The predicted molar refractivity (Wildman–Crippen MR) is 159 cm³/mol. The molecule has 3 amide bonds. The van der Waals surface area contributed by atoms with Gasteiger partial charge in [0, 0.05) is 25.8 Å². The number of benzene rings is 1. The van der Waals surface area contributed by atoms with E-state index in [0.717, 1.165) is 21.7 Å². The number of nitrogens with one attached hydrogen (secondary N) is 2. The number of aliphatic hydroxyl groups excluding tert-OH is 1. The van der Waals surface area contributed by atoms with Gasteiger partial charge in [0.05, 0.1) is 28.2 Å². The van der Waals surface area contributed by atoms with Crippen LogP contribution in [-0.4, -0.2) is 63.0 Å². The van der Waals surface area contributed by atoms with Gasteiger partial charge in [-0.15, -0.1) is 11.3 Å². The standard InChI is InChI=1S/C31H41N5O4S/c1-18-23(41-17-33-18)19-9-11-20(12-10-19)24(29(2,3)4)34-26(38)22-15-21(37)16-36(22)27(39)25(30(5,6)7)35-28(40)31(32-8)13-14-31/h9-12,17,21-22,24-25,37H,13-16H2,1-7H3,(H,34,38)(H,35,40)/t21-,22+,24-,25-/m1/s1. The number of hydrogen-bond acceptors (Lipinski definition) is 6. The van der Waals surface area contributed by atoms with E-state index >= 15 is 0 Å². The molecule has 9 nitrogen and oxygen atoms in total. The fourth-order valence-electron chi connectivity index (χ4n) is 5.34. The van der Waals surface area contributed by atoms with Gasteiger partial charge in [0.1, 0.15) is 12.1 Å². The van der Waals surface area contributed by atoms with Gasteiger partial charge in [-0.25, -0.2) is 11.6 Å². The number of thiazole rings is 1. The minimum absolute atomic E-state index is 0.00356. The molecule has 1 aromatic heterocycles. The Morgan fingerprint density at radius 1 is 1.10 bits per heavy atom. The summed E-state index contributed by atoms with van der Waals surface area (Å²) >= 11 is 1.58. The molecule has 41 heavy (non-hydrogen) atoms. The van der Waals surface area contributed by atoms with Crippen LogP contribution in [0.1, 0.15) is 78.1 Å². The van der Waals surface area contributed by atoms with Crippen LogP contribution in [0.2, 0.25) is 0 Å². The molecule has 220 valence electrons. The second-order valence-electron chi connectivity index (χ2n) is 13.5. The molecular weight excluding hydrogens is 538 g/mol. The summed E-state index contributed by atoms with van der Waals surface area (Å²) in [5.74, 6) is -1.23. The third kappa shape index (κ3) is 6.47. The average Bonchev–Trinajstić information content (AvgIpc) is 3.43. The maximum absolute atomic E-state index is 13.9. The molecule has 2 fully saturated rings. The summed E-state index contributed by atoms with van der Waals surface area (Å²) in [5, 5.41) is 16.5. The molecule has 4 atom stereocenters.